The van der Waals surface area contributed by atoms with Gasteiger partial charge in [0.2, 0.25) is 0 Å². The van der Waals surface area contributed by atoms with Crippen molar-refractivity contribution in [3.05, 3.63) is 34.3 Å². The fourth-order valence-corrected chi connectivity index (χ4v) is 3.79. The monoisotopic (exact) mass is 371 g/mol. The van der Waals surface area contributed by atoms with Gasteiger partial charge in [0.1, 0.15) is 5.84 Å². The normalized spacial score (nSPS) is 19.3. The molecule has 0 saturated carbocycles. The average Bonchev–Trinajstić information content (AvgIpc) is 3.01. The Morgan fingerprint density at radius 3 is 2.77 bits per heavy atom. The third-order valence-electron chi connectivity index (χ3n) is 5.31. The molecule has 26 heavy (non-hydrogen) atoms. The molecule has 1 aromatic heterocycles. The molecule has 4 rings (SSSR count). The summed E-state index contributed by atoms with van der Waals surface area (Å²) in [6.07, 6.45) is 2.06. The van der Waals surface area contributed by atoms with Gasteiger partial charge in [0, 0.05) is 24.2 Å². The lowest BCUT2D eigenvalue weighted by atomic mass is 9.90. The van der Waals surface area contributed by atoms with Crippen LogP contribution in [0.25, 0.3) is 11.3 Å². The number of carbonyl (C=O) groups is 1. The van der Waals surface area contributed by atoms with E-state index in [0.717, 1.165) is 42.9 Å². The maximum absolute atomic E-state index is 12.9. The van der Waals surface area contributed by atoms with Gasteiger partial charge in [-0.3, -0.25) is 9.89 Å². The number of aromatic nitrogens is 2. The Balaban J connectivity index is 1.69. The molecule has 2 aromatic rings. The van der Waals surface area contributed by atoms with Gasteiger partial charge in [-0.2, -0.15) is 5.10 Å². The van der Waals surface area contributed by atoms with Crippen molar-refractivity contribution < 1.29 is 4.79 Å². The lowest BCUT2D eigenvalue weighted by Gasteiger charge is -2.38. The molecule has 3 N–H and O–H groups in total. The Kier molecular flexibility index (Phi) is 4.12. The van der Waals surface area contributed by atoms with Crippen LogP contribution < -0.4 is 5.73 Å². The number of Topliss-reactive ketones (excluding diaryl/α,β-unsaturated/α-hetero) is 1. The van der Waals surface area contributed by atoms with Gasteiger partial charge in [-0.1, -0.05) is 29.8 Å². The van der Waals surface area contributed by atoms with Gasteiger partial charge in [-0.05, 0) is 32.3 Å². The summed E-state index contributed by atoms with van der Waals surface area (Å²) >= 11 is 6.44. The van der Waals surface area contributed by atoms with E-state index >= 15 is 0 Å². The summed E-state index contributed by atoms with van der Waals surface area (Å²) in [5.74, 6) is 1.25. The SMILES string of the molecule is Cc1cccc(-c2[nH]nc3c2C(=O)CC(N2CCC(C)(N)CC2)=N3)c1Cl. The number of ketones is 1. The summed E-state index contributed by atoms with van der Waals surface area (Å²) in [5, 5.41) is 7.88. The Labute approximate surface area is 157 Å². The minimum Gasteiger partial charge on any atom is -0.359 e. The predicted molar refractivity (Wildman–Crippen MR) is 103 cm³/mol. The quantitative estimate of drug-likeness (QED) is 0.803. The zero-order valence-corrected chi connectivity index (χ0v) is 15.7. The molecule has 1 saturated heterocycles. The van der Waals surface area contributed by atoms with Gasteiger partial charge >= 0.3 is 0 Å². The van der Waals surface area contributed by atoms with Gasteiger partial charge in [0.25, 0.3) is 0 Å². The highest BCUT2D eigenvalue weighted by Gasteiger charge is 2.33. The van der Waals surface area contributed by atoms with Crippen LogP contribution in [-0.4, -0.2) is 45.3 Å². The van der Waals surface area contributed by atoms with Crippen molar-refractivity contribution in [1.29, 1.82) is 0 Å². The highest BCUT2D eigenvalue weighted by Crippen LogP contribution is 2.37. The number of rotatable bonds is 1. The lowest BCUT2D eigenvalue weighted by Crippen LogP contribution is -2.50. The number of amidine groups is 1. The van der Waals surface area contributed by atoms with E-state index in [9.17, 15) is 4.79 Å². The van der Waals surface area contributed by atoms with Crippen molar-refractivity contribution in [3.63, 3.8) is 0 Å². The van der Waals surface area contributed by atoms with Gasteiger partial charge in [0.15, 0.2) is 11.6 Å². The molecule has 0 unspecified atom stereocenters. The number of carbonyl (C=O) groups excluding carboxylic acids is 1. The first kappa shape index (κ1) is 17.2. The van der Waals surface area contributed by atoms with E-state index in [0.29, 0.717) is 22.1 Å². The zero-order valence-electron chi connectivity index (χ0n) is 15.0. The number of fused-ring (bicyclic) bond motifs is 1. The topological polar surface area (TPSA) is 87.4 Å². The molecule has 6 nitrogen and oxygen atoms in total. The van der Waals surface area contributed by atoms with Crippen molar-refractivity contribution in [2.45, 2.75) is 38.6 Å². The van der Waals surface area contributed by atoms with Crippen LogP contribution in [0.5, 0.6) is 0 Å². The van der Waals surface area contributed by atoms with E-state index in [2.05, 4.69) is 27.0 Å². The zero-order chi connectivity index (χ0) is 18.5. The van der Waals surface area contributed by atoms with Crippen molar-refractivity contribution in [3.8, 4) is 11.3 Å². The number of hydrogen-bond acceptors (Lipinski definition) is 5. The van der Waals surface area contributed by atoms with E-state index in [1.54, 1.807) is 0 Å². The second-order valence-electron chi connectivity index (χ2n) is 7.50. The molecule has 0 spiro atoms. The number of H-pyrrole nitrogens is 1. The number of aryl methyl sites for hydroxylation is 1. The molecule has 136 valence electrons. The standard InChI is InChI=1S/C19H22ClN5O/c1-11-4-3-5-12(16(11)20)17-15-13(26)10-14(22-18(15)24-23-17)25-8-6-19(2,21)7-9-25/h3-5H,6-10,21H2,1-2H3,(H,23,24). The number of halogens is 1. The maximum Gasteiger partial charge on any atom is 0.186 e. The number of nitrogens with zero attached hydrogens (tertiary/aromatic N) is 3. The predicted octanol–water partition coefficient (Wildman–Crippen LogP) is 3.47. The molecular formula is C19H22ClN5O. The van der Waals surface area contributed by atoms with Gasteiger partial charge in [-0.15, -0.1) is 0 Å². The van der Waals surface area contributed by atoms with Crippen molar-refractivity contribution >= 4 is 29.0 Å². The van der Waals surface area contributed by atoms with Crippen LogP contribution in [0.2, 0.25) is 5.02 Å². The molecular weight excluding hydrogens is 350 g/mol. The van der Waals surface area contributed by atoms with Crippen LogP contribution in [0.1, 0.15) is 42.1 Å². The minimum atomic E-state index is -0.137. The minimum absolute atomic E-state index is 0.0207. The number of benzene rings is 1. The van der Waals surface area contributed by atoms with E-state index in [1.165, 1.54) is 0 Å². The Morgan fingerprint density at radius 2 is 2.04 bits per heavy atom. The Morgan fingerprint density at radius 1 is 1.31 bits per heavy atom. The average molecular weight is 372 g/mol. The number of aliphatic imine (C=N–C) groups is 1. The van der Waals surface area contributed by atoms with E-state index in [1.807, 2.05) is 25.1 Å². The molecule has 0 bridgehead atoms. The van der Waals surface area contributed by atoms with E-state index < -0.39 is 0 Å². The highest BCUT2D eigenvalue weighted by molar-refractivity contribution is 6.34. The molecule has 1 fully saturated rings. The number of nitrogens with one attached hydrogen (secondary N) is 1. The highest BCUT2D eigenvalue weighted by atomic mass is 35.5. The summed E-state index contributed by atoms with van der Waals surface area (Å²) in [4.78, 5) is 19.7. The van der Waals surface area contributed by atoms with Gasteiger partial charge in [0.05, 0.1) is 22.7 Å². The lowest BCUT2D eigenvalue weighted by molar-refractivity contribution is 0.0995. The first-order valence-electron chi connectivity index (χ1n) is 8.84. The van der Waals surface area contributed by atoms with Crippen LogP contribution >= 0.6 is 11.6 Å². The van der Waals surface area contributed by atoms with Crippen molar-refractivity contribution in [2.24, 2.45) is 10.7 Å². The molecule has 0 aliphatic carbocycles. The molecule has 7 heteroatoms. The van der Waals surface area contributed by atoms with Crippen LogP contribution in [0.15, 0.2) is 23.2 Å². The van der Waals surface area contributed by atoms with Gasteiger partial charge in [-0.25, -0.2) is 4.99 Å². The summed E-state index contributed by atoms with van der Waals surface area (Å²) < 4.78 is 0. The number of piperidine rings is 1. The van der Waals surface area contributed by atoms with E-state index in [4.69, 9.17) is 17.3 Å². The van der Waals surface area contributed by atoms with Crippen molar-refractivity contribution in [1.82, 2.24) is 15.1 Å². The van der Waals surface area contributed by atoms with Crippen LogP contribution in [0.3, 0.4) is 0 Å². The number of aromatic amines is 1. The van der Waals surface area contributed by atoms with Gasteiger partial charge < -0.3 is 10.6 Å². The Hall–Kier alpha value is -2.18. The fourth-order valence-electron chi connectivity index (χ4n) is 3.56. The largest absolute Gasteiger partial charge is 0.359 e. The number of hydrogen-bond donors (Lipinski definition) is 2. The first-order valence-corrected chi connectivity index (χ1v) is 9.22. The van der Waals surface area contributed by atoms with E-state index in [-0.39, 0.29) is 17.7 Å². The Bertz CT molecular complexity index is 905. The molecule has 0 radical (unpaired) electrons. The van der Waals surface area contributed by atoms with Crippen LogP contribution in [-0.2, 0) is 0 Å². The summed E-state index contributed by atoms with van der Waals surface area (Å²) in [6, 6.07) is 5.75. The molecule has 1 aromatic carbocycles. The summed E-state index contributed by atoms with van der Waals surface area (Å²) in [5.41, 5.74) is 8.98. The number of likely N-dealkylation sites (tertiary alicyclic amines) is 1. The number of nitrogens with two attached hydrogens (primary N) is 1. The second-order valence-corrected chi connectivity index (χ2v) is 7.88. The third kappa shape index (κ3) is 2.93. The third-order valence-corrected chi connectivity index (χ3v) is 5.81. The summed E-state index contributed by atoms with van der Waals surface area (Å²) in [7, 11) is 0. The molecule has 3 heterocycles. The molecule has 0 amide bonds. The van der Waals surface area contributed by atoms with Crippen LogP contribution in [0.4, 0.5) is 5.82 Å². The van der Waals surface area contributed by atoms with Crippen LogP contribution in [0, 0.1) is 6.92 Å². The first-order chi connectivity index (χ1) is 12.4. The smallest absolute Gasteiger partial charge is 0.186 e. The second kappa shape index (κ2) is 6.21. The fraction of sp³-hybridized carbons (Fsp3) is 0.421. The summed E-state index contributed by atoms with van der Waals surface area (Å²) in [6.45, 7) is 5.64. The molecule has 2 aliphatic heterocycles. The molecule has 2 aliphatic rings. The molecule has 0 atom stereocenters. The van der Waals surface area contributed by atoms with Crippen molar-refractivity contribution in [2.75, 3.05) is 13.1 Å². The maximum atomic E-state index is 12.9.